The Kier molecular flexibility index (Phi) is 6.75. The number of rotatable bonds is 7. The van der Waals surface area contributed by atoms with Gasteiger partial charge in [0.25, 0.3) is 0 Å². The Morgan fingerprint density at radius 1 is 1.41 bits per heavy atom. The van der Waals surface area contributed by atoms with Crippen LogP contribution in [0.1, 0.15) is 38.8 Å². The van der Waals surface area contributed by atoms with Gasteiger partial charge in [-0.3, -0.25) is 4.98 Å². The van der Waals surface area contributed by atoms with Crippen LogP contribution >= 0.6 is 15.9 Å². The summed E-state index contributed by atoms with van der Waals surface area (Å²) in [5, 5.41) is 3.42. The summed E-state index contributed by atoms with van der Waals surface area (Å²) in [4.78, 5) is 4.44. The van der Waals surface area contributed by atoms with Gasteiger partial charge in [-0.2, -0.15) is 0 Å². The highest BCUT2D eigenvalue weighted by atomic mass is 79.9. The molecule has 96 valence electrons. The van der Waals surface area contributed by atoms with Crippen molar-refractivity contribution in [2.75, 3.05) is 7.05 Å². The van der Waals surface area contributed by atoms with E-state index in [9.17, 15) is 0 Å². The standard InChI is InChI=1S/C14H23BrN2/c1-4-5-6-11(2)14(16-3)9-13-8-7-12(15)10-17-13/h7-8,10-11,14,16H,4-6,9H2,1-3H3. The Morgan fingerprint density at radius 3 is 2.71 bits per heavy atom. The fraction of sp³-hybridized carbons (Fsp3) is 0.643. The molecule has 2 nitrogen and oxygen atoms in total. The van der Waals surface area contributed by atoms with Crippen molar-refractivity contribution < 1.29 is 0 Å². The number of halogens is 1. The highest BCUT2D eigenvalue weighted by Crippen LogP contribution is 2.16. The number of hydrogen-bond acceptors (Lipinski definition) is 2. The van der Waals surface area contributed by atoms with E-state index in [-0.39, 0.29) is 0 Å². The molecule has 0 saturated carbocycles. The summed E-state index contributed by atoms with van der Waals surface area (Å²) < 4.78 is 1.04. The van der Waals surface area contributed by atoms with Crippen molar-refractivity contribution in [1.29, 1.82) is 0 Å². The molecule has 0 fully saturated rings. The molecule has 0 aromatic carbocycles. The maximum atomic E-state index is 4.44. The lowest BCUT2D eigenvalue weighted by atomic mass is 9.92. The van der Waals surface area contributed by atoms with Crippen molar-refractivity contribution in [3.05, 3.63) is 28.5 Å². The number of unbranched alkanes of at least 4 members (excludes halogenated alkanes) is 1. The third-order valence-corrected chi connectivity index (χ3v) is 3.76. The Morgan fingerprint density at radius 2 is 2.18 bits per heavy atom. The molecule has 3 heteroatoms. The van der Waals surface area contributed by atoms with Gasteiger partial charge in [0.05, 0.1) is 0 Å². The number of likely N-dealkylation sites (N-methyl/N-ethyl adjacent to an activating group) is 1. The van der Waals surface area contributed by atoms with Gasteiger partial charge >= 0.3 is 0 Å². The molecular weight excluding hydrogens is 276 g/mol. The molecule has 17 heavy (non-hydrogen) atoms. The Labute approximate surface area is 113 Å². The third kappa shape index (κ3) is 5.17. The van der Waals surface area contributed by atoms with Gasteiger partial charge in [0.1, 0.15) is 0 Å². The van der Waals surface area contributed by atoms with E-state index in [0.29, 0.717) is 12.0 Å². The summed E-state index contributed by atoms with van der Waals surface area (Å²) in [6.07, 6.45) is 6.76. The molecule has 0 amide bonds. The largest absolute Gasteiger partial charge is 0.316 e. The highest BCUT2D eigenvalue weighted by molar-refractivity contribution is 9.10. The maximum Gasteiger partial charge on any atom is 0.0420 e. The van der Waals surface area contributed by atoms with Crippen LogP contribution in [0.3, 0.4) is 0 Å². The van der Waals surface area contributed by atoms with Crippen molar-refractivity contribution in [3.8, 4) is 0 Å². The number of nitrogens with one attached hydrogen (secondary N) is 1. The molecule has 1 aromatic heterocycles. The first-order chi connectivity index (χ1) is 8.17. The van der Waals surface area contributed by atoms with E-state index in [1.165, 1.54) is 19.3 Å². The van der Waals surface area contributed by atoms with E-state index in [4.69, 9.17) is 0 Å². The zero-order valence-electron chi connectivity index (χ0n) is 11.0. The van der Waals surface area contributed by atoms with E-state index >= 15 is 0 Å². The van der Waals surface area contributed by atoms with Crippen LogP contribution in [0.15, 0.2) is 22.8 Å². The molecule has 1 heterocycles. The van der Waals surface area contributed by atoms with Crippen LogP contribution in [0.25, 0.3) is 0 Å². The molecule has 1 N–H and O–H groups in total. The first-order valence-corrected chi connectivity index (χ1v) is 7.24. The number of aromatic nitrogens is 1. The summed E-state index contributed by atoms with van der Waals surface area (Å²) in [6, 6.07) is 4.68. The Bertz CT molecular complexity index is 311. The zero-order chi connectivity index (χ0) is 12.7. The van der Waals surface area contributed by atoms with Gasteiger partial charge in [-0.25, -0.2) is 0 Å². The Balaban J connectivity index is 2.53. The van der Waals surface area contributed by atoms with Crippen LogP contribution in [-0.4, -0.2) is 18.1 Å². The average Bonchev–Trinajstić information content (AvgIpc) is 2.35. The first-order valence-electron chi connectivity index (χ1n) is 6.45. The zero-order valence-corrected chi connectivity index (χ0v) is 12.6. The number of hydrogen-bond donors (Lipinski definition) is 1. The lowest BCUT2D eigenvalue weighted by Crippen LogP contribution is -2.34. The molecule has 1 aromatic rings. The topological polar surface area (TPSA) is 24.9 Å². The fourth-order valence-corrected chi connectivity index (χ4v) is 2.30. The van der Waals surface area contributed by atoms with Gasteiger partial charge in [0, 0.05) is 28.8 Å². The molecule has 0 saturated heterocycles. The predicted molar refractivity (Wildman–Crippen MR) is 77.2 cm³/mol. The van der Waals surface area contributed by atoms with Gasteiger partial charge in [0.2, 0.25) is 0 Å². The van der Waals surface area contributed by atoms with Crippen LogP contribution in [0.2, 0.25) is 0 Å². The first kappa shape index (κ1) is 14.7. The van der Waals surface area contributed by atoms with Gasteiger partial charge < -0.3 is 5.32 Å². The van der Waals surface area contributed by atoms with Gasteiger partial charge in [-0.05, 0) is 47.4 Å². The lowest BCUT2D eigenvalue weighted by molar-refractivity contribution is 0.363. The van der Waals surface area contributed by atoms with Crippen molar-refractivity contribution in [2.45, 2.75) is 45.6 Å². The normalized spacial score (nSPS) is 14.6. The molecular formula is C14H23BrN2. The molecule has 1 rings (SSSR count). The van der Waals surface area contributed by atoms with Crippen molar-refractivity contribution in [1.82, 2.24) is 10.3 Å². The molecule has 0 aliphatic heterocycles. The number of pyridine rings is 1. The highest BCUT2D eigenvalue weighted by Gasteiger charge is 2.15. The molecule has 0 radical (unpaired) electrons. The quantitative estimate of drug-likeness (QED) is 0.828. The van der Waals surface area contributed by atoms with Gasteiger partial charge in [-0.15, -0.1) is 0 Å². The second kappa shape index (κ2) is 7.83. The molecule has 0 aliphatic rings. The minimum absolute atomic E-state index is 0.523. The summed E-state index contributed by atoms with van der Waals surface area (Å²) in [5.41, 5.74) is 1.16. The smallest absolute Gasteiger partial charge is 0.0420 e. The average molecular weight is 299 g/mol. The molecule has 2 unspecified atom stereocenters. The fourth-order valence-electron chi connectivity index (χ4n) is 2.07. The molecule has 0 spiro atoms. The summed E-state index contributed by atoms with van der Waals surface area (Å²) >= 11 is 3.41. The van der Waals surface area contributed by atoms with Crippen LogP contribution < -0.4 is 5.32 Å². The molecule has 0 aliphatic carbocycles. The predicted octanol–water partition coefficient (Wildman–Crippen LogP) is 3.80. The maximum absolute atomic E-state index is 4.44. The summed E-state index contributed by atoms with van der Waals surface area (Å²) in [5.74, 6) is 0.699. The minimum atomic E-state index is 0.523. The van der Waals surface area contributed by atoms with Crippen LogP contribution in [0, 0.1) is 5.92 Å². The van der Waals surface area contributed by atoms with Crippen LogP contribution in [-0.2, 0) is 6.42 Å². The summed E-state index contributed by atoms with van der Waals surface area (Å²) in [7, 11) is 2.05. The van der Waals surface area contributed by atoms with E-state index in [1.54, 1.807) is 0 Å². The second-order valence-electron chi connectivity index (χ2n) is 4.69. The number of nitrogens with zero attached hydrogens (tertiary/aromatic N) is 1. The van der Waals surface area contributed by atoms with Crippen LogP contribution in [0.5, 0.6) is 0 Å². The minimum Gasteiger partial charge on any atom is -0.316 e. The third-order valence-electron chi connectivity index (χ3n) is 3.29. The molecule has 0 bridgehead atoms. The van der Waals surface area contributed by atoms with E-state index < -0.39 is 0 Å². The lowest BCUT2D eigenvalue weighted by Gasteiger charge is -2.23. The van der Waals surface area contributed by atoms with Crippen molar-refractivity contribution in [3.63, 3.8) is 0 Å². The SMILES string of the molecule is CCCCC(C)C(Cc1ccc(Br)cn1)NC. The summed E-state index contributed by atoms with van der Waals surface area (Å²) in [6.45, 7) is 4.58. The van der Waals surface area contributed by atoms with E-state index in [1.807, 2.05) is 13.2 Å². The molecule has 2 atom stereocenters. The van der Waals surface area contributed by atoms with Crippen molar-refractivity contribution in [2.24, 2.45) is 5.92 Å². The second-order valence-corrected chi connectivity index (χ2v) is 5.60. The van der Waals surface area contributed by atoms with E-state index in [2.05, 4.69) is 52.2 Å². The van der Waals surface area contributed by atoms with Gasteiger partial charge in [0.15, 0.2) is 0 Å². The van der Waals surface area contributed by atoms with Gasteiger partial charge in [-0.1, -0.05) is 26.7 Å². The van der Waals surface area contributed by atoms with E-state index in [0.717, 1.165) is 16.6 Å². The van der Waals surface area contributed by atoms with Crippen molar-refractivity contribution >= 4 is 15.9 Å². The monoisotopic (exact) mass is 298 g/mol. The Hall–Kier alpha value is -0.410. The van der Waals surface area contributed by atoms with Crippen LogP contribution in [0.4, 0.5) is 0 Å².